The number of hydrogen-bond acceptors (Lipinski definition) is 3. The molecule has 0 spiro atoms. The molecule has 2 aliphatic rings. The first kappa shape index (κ1) is 14.8. The second-order valence-electron chi connectivity index (χ2n) is 6.37. The minimum atomic E-state index is -0.231. The Morgan fingerprint density at radius 1 is 1.24 bits per heavy atom. The van der Waals surface area contributed by atoms with Gasteiger partial charge in [0.1, 0.15) is 11.6 Å². The molecule has 2 fully saturated rings. The van der Waals surface area contributed by atoms with Gasteiger partial charge in [0.25, 0.3) is 0 Å². The van der Waals surface area contributed by atoms with E-state index in [1.165, 1.54) is 51.1 Å². The lowest BCUT2D eigenvalue weighted by Crippen LogP contribution is -2.38. The monoisotopic (exact) mass is 291 g/mol. The lowest BCUT2D eigenvalue weighted by atomic mass is 9.94. The van der Waals surface area contributed by atoms with Gasteiger partial charge in [0.2, 0.25) is 0 Å². The third kappa shape index (κ3) is 3.73. The third-order valence-corrected chi connectivity index (χ3v) is 4.70. The summed E-state index contributed by atoms with van der Waals surface area (Å²) in [6, 6.07) is 2.86. The highest BCUT2D eigenvalue weighted by atomic mass is 19.1. The molecule has 2 saturated carbocycles. The van der Waals surface area contributed by atoms with Crippen molar-refractivity contribution in [1.29, 1.82) is 0 Å². The van der Waals surface area contributed by atoms with Crippen LogP contribution in [0, 0.1) is 5.82 Å². The van der Waals surface area contributed by atoms with E-state index in [9.17, 15) is 4.39 Å². The Kier molecular flexibility index (Phi) is 4.73. The molecule has 0 aromatic carbocycles. The van der Waals surface area contributed by atoms with E-state index in [-0.39, 0.29) is 5.82 Å². The van der Waals surface area contributed by atoms with Gasteiger partial charge in [-0.3, -0.25) is 0 Å². The molecule has 0 aliphatic heterocycles. The Labute approximate surface area is 126 Å². The summed E-state index contributed by atoms with van der Waals surface area (Å²) in [5.41, 5.74) is 1.01. The van der Waals surface area contributed by atoms with E-state index < -0.39 is 0 Å². The Bertz CT molecular complexity index is 467. The largest absolute Gasteiger partial charge is 0.354 e. The second kappa shape index (κ2) is 6.73. The first-order chi connectivity index (χ1) is 10.3. The number of aromatic nitrogens is 1. The molecule has 4 heteroatoms. The van der Waals surface area contributed by atoms with E-state index in [4.69, 9.17) is 0 Å². The first-order valence-corrected chi connectivity index (χ1v) is 8.42. The third-order valence-electron chi connectivity index (χ3n) is 4.70. The van der Waals surface area contributed by atoms with Gasteiger partial charge in [-0.2, -0.15) is 0 Å². The van der Waals surface area contributed by atoms with Gasteiger partial charge in [0, 0.05) is 30.7 Å². The van der Waals surface area contributed by atoms with Crippen molar-refractivity contribution < 1.29 is 4.39 Å². The van der Waals surface area contributed by atoms with E-state index in [0.717, 1.165) is 24.5 Å². The molecular formula is C17H26FN3. The van der Waals surface area contributed by atoms with Gasteiger partial charge in [-0.15, -0.1) is 0 Å². The molecule has 0 saturated heterocycles. The number of rotatable bonds is 6. The smallest absolute Gasteiger partial charge is 0.141 e. The van der Waals surface area contributed by atoms with Crippen molar-refractivity contribution in [3.05, 3.63) is 23.6 Å². The fourth-order valence-electron chi connectivity index (χ4n) is 3.38. The molecule has 1 N–H and O–H groups in total. The Balaban J connectivity index is 1.79. The number of anilines is 1. The number of nitrogens with zero attached hydrogens (tertiary/aromatic N) is 2. The first-order valence-electron chi connectivity index (χ1n) is 8.42. The van der Waals surface area contributed by atoms with Crippen LogP contribution in [0.3, 0.4) is 0 Å². The summed E-state index contributed by atoms with van der Waals surface area (Å²) in [7, 11) is 0. The second-order valence-corrected chi connectivity index (χ2v) is 6.37. The maximum atomic E-state index is 13.6. The van der Waals surface area contributed by atoms with E-state index in [1.807, 2.05) is 0 Å². The molecule has 0 radical (unpaired) electrons. The van der Waals surface area contributed by atoms with Crippen molar-refractivity contribution in [1.82, 2.24) is 10.3 Å². The number of pyridine rings is 1. The molecule has 1 heterocycles. The zero-order chi connectivity index (χ0) is 14.7. The van der Waals surface area contributed by atoms with Gasteiger partial charge in [0.05, 0.1) is 6.20 Å². The summed E-state index contributed by atoms with van der Waals surface area (Å²) in [5.74, 6) is 0.755. The SMILES string of the molecule is CCN(c1ncc(F)cc1CNC1CC1)C1CCCCC1. The summed E-state index contributed by atoms with van der Waals surface area (Å²) >= 11 is 0. The Morgan fingerprint density at radius 2 is 2.00 bits per heavy atom. The van der Waals surface area contributed by atoms with Crippen LogP contribution in [0.5, 0.6) is 0 Å². The Hall–Kier alpha value is -1.16. The fourth-order valence-corrected chi connectivity index (χ4v) is 3.38. The molecule has 0 bridgehead atoms. The predicted octanol–water partition coefficient (Wildman–Crippen LogP) is 3.63. The zero-order valence-corrected chi connectivity index (χ0v) is 12.9. The molecule has 0 amide bonds. The molecule has 3 rings (SSSR count). The lowest BCUT2D eigenvalue weighted by molar-refractivity contribution is 0.415. The van der Waals surface area contributed by atoms with Crippen molar-refractivity contribution >= 4 is 5.82 Å². The highest BCUT2D eigenvalue weighted by molar-refractivity contribution is 5.48. The van der Waals surface area contributed by atoms with Crippen molar-refractivity contribution in [2.24, 2.45) is 0 Å². The van der Waals surface area contributed by atoms with Crippen LogP contribution in [0.2, 0.25) is 0 Å². The highest BCUT2D eigenvalue weighted by Crippen LogP contribution is 2.29. The van der Waals surface area contributed by atoms with E-state index in [0.29, 0.717) is 12.1 Å². The standard InChI is InChI=1S/C17H26FN3/c1-2-21(16-6-4-3-5-7-16)17-13(10-14(18)12-20-17)11-19-15-8-9-15/h10,12,15-16,19H,2-9,11H2,1H3. The summed E-state index contributed by atoms with van der Waals surface area (Å²) in [5, 5.41) is 3.49. The summed E-state index contributed by atoms with van der Waals surface area (Å²) in [4.78, 5) is 6.83. The molecule has 116 valence electrons. The van der Waals surface area contributed by atoms with Gasteiger partial charge in [0.15, 0.2) is 0 Å². The zero-order valence-electron chi connectivity index (χ0n) is 12.9. The lowest BCUT2D eigenvalue weighted by Gasteiger charge is -2.35. The molecule has 0 unspecified atom stereocenters. The van der Waals surface area contributed by atoms with Crippen LogP contribution in [0.1, 0.15) is 57.4 Å². The molecule has 3 nitrogen and oxygen atoms in total. The van der Waals surface area contributed by atoms with Crippen LogP contribution < -0.4 is 10.2 Å². The van der Waals surface area contributed by atoms with Crippen LogP contribution in [0.4, 0.5) is 10.2 Å². The van der Waals surface area contributed by atoms with E-state index in [2.05, 4.69) is 22.1 Å². The fraction of sp³-hybridized carbons (Fsp3) is 0.706. The molecule has 1 aromatic heterocycles. The average Bonchev–Trinajstić information content (AvgIpc) is 3.33. The topological polar surface area (TPSA) is 28.2 Å². The number of hydrogen-bond donors (Lipinski definition) is 1. The van der Waals surface area contributed by atoms with Crippen LogP contribution in [-0.2, 0) is 6.54 Å². The molecule has 21 heavy (non-hydrogen) atoms. The van der Waals surface area contributed by atoms with Gasteiger partial charge >= 0.3 is 0 Å². The predicted molar refractivity (Wildman–Crippen MR) is 83.9 cm³/mol. The van der Waals surface area contributed by atoms with Gasteiger partial charge in [-0.25, -0.2) is 9.37 Å². The van der Waals surface area contributed by atoms with Crippen molar-refractivity contribution in [3.8, 4) is 0 Å². The van der Waals surface area contributed by atoms with Gasteiger partial charge in [-0.1, -0.05) is 19.3 Å². The molecule has 0 atom stereocenters. The molecular weight excluding hydrogens is 265 g/mol. The maximum Gasteiger partial charge on any atom is 0.141 e. The van der Waals surface area contributed by atoms with Crippen molar-refractivity contribution in [3.63, 3.8) is 0 Å². The van der Waals surface area contributed by atoms with Crippen LogP contribution >= 0.6 is 0 Å². The molecule has 2 aliphatic carbocycles. The van der Waals surface area contributed by atoms with E-state index >= 15 is 0 Å². The minimum absolute atomic E-state index is 0.231. The van der Waals surface area contributed by atoms with Crippen LogP contribution in [0.25, 0.3) is 0 Å². The highest BCUT2D eigenvalue weighted by Gasteiger charge is 2.25. The van der Waals surface area contributed by atoms with Gasteiger partial charge < -0.3 is 10.2 Å². The number of nitrogens with one attached hydrogen (secondary N) is 1. The molecule has 1 aromatic rings. The minimum Gasteiger partial charge on any atom is -0.354 e. The van der Waals surface area contributed by atoms with Crippen molar-refractivity contribution in [2.75, 3.05) is 11.4 Å². The van der Waals surface area contributed by atoms with Crippen LogP contribution in [0.15, 0.2) is 12.3 Å². The summed E-state index contributed by atoms with van der Waals surface area (Å²) < 4.78 is 13.6. The summed E-state index contributed by atoms with van der Waals surface area (Å²) in [6.07, 6.45) is 10.3. The normalized spacial score (nSPS) is 19.7. The quantitative estimate of drug-likeness (QED) is 0.867. The van der Waals surface area contributed by atoms with Crippen LogP contribution in [-0.4, -0.2) is 23.6 Å². The maximum absolute atomic E-state index is 13.6. The van der Waals surface area contributed by atoms with Gasteiger partial charge in [-0.05, 0) is 38.7 Å². The van der Waals surface area contributed by atoms with Crippen molar-refractivity contribution in [2.45, 2.75) is 70.5 Å². The summed E-state index contributed by atoms with van der Waals surface area (Å²) in [6.45, 7) is 3.85. The number of halogens is 1. The Morgan fingerprint density at radius 3 is 2.67 bits per heavy atom. The van der Waals surface area contributed by atoms with E-state index in [1.54, 1.807) is 6.07 Å². The average molecular weight is 291 g/mol.